The molecule has 3 rings (SSSR count). The van der Waals surface area contributed by atoms with Crippen LogP contribution in [0.4, 0.5) is 0 Å². The molecule has 1 aliphatic heterocycles. The number of nitrogens with one attached hydrogen (secondary N) is 1. The van der Waals surface area contributed by atoms with E-state index in [2.05, 4.69) is 29.1 Å². The zero-order valence-corrected chi connectivity index (χ0v) is 13.5. The maximum absolute atomic E-state index is 12.6. The normalized spacial score (nSPS) is 15.7. The number of pyridine rings is 1. The van der Waals surface area contributed by atoms with Gasteiger partial charge < -0.3 is 14.8 Å². The van der Waals surface area contributed by atoms with E-state index in [1.807, 2.05) is 28.7 Å². The standard InChI is InChI=1S/C16H23N5O/c1-11(2)15-19-13-8-12(3)9-18-16(13)21(15)10-14(22)20-6-4-17-5-7-20/h8-9,11,17H,4-7,10H2,1-3H3. The van der Waals surface area contributed by atoms with Crippen molar-refractivity contribution in [3.8, 4) is 0 Å². The topological polar surface area (TPSA) is 63.1 Å². The number of imidazole rings is 1. The van der Waals surface area contributed by atoms with E-state index in [1.165, 1.54) is 0 Å². The molecule has 3 heterocycles. The molecule has 0 aromatic carbocycles. The highest BCUT2D eigenvalue weighted by atomic mass is 16.2. The van der Waals surface area contributed by atoms with Crippen LogP contribution in [0.5, 0.6) is 0 Å². The van der Waals surface area contributed by atoms with Gasteiger partial charge in [-0.25, -0.2) is 9.97 Å². The van der Waals surface area contributed by atoms with Crippen molar-refractivity contribution >= 4 is 17.1 Å². The van der Waals surface area contributed by atoms with Crippen LogP contribution in [0.25, 0.3) is 11.2 Å². The average molecular weight is 301 g/mol. The van der Waals surface area contributed by atoms with Crippen molar-refractivity contribution in [3.63, 3.8) is 0 Å². The van der Waals surface area contributed by atoms with E-state index in [9.17, 15) is 4.79 Å². The molecule has 0 saturated carbocycles. The minimum atomic E-state index is 0.144. The molecule has 1 aliphatic rings. The molecule has 22 heavy (non-hydrogen) atoms. The summed E-state index contributed by atoms with van der Waals surface area (Å²) in [6, 6.07) is 2.03. The molecule has 1 amide bonds. The summed E-state index contributed by atoms with van der Waals surface area (Å²) in [5.74, 6) is 1.33. The summed E-state index contributed by atoms with van der Waals surface area (Å²) in [7, 11) is 0. The molecule has 0 atom stereocenters. The largest absolute Gasteiger partial charge is 0.339 e. The highest BCUT2D eigenvalue weighted by Crippen LogP contribution is 2.21. The maximum Gasteiger partial charge on any atom is 0.242 e. The van der Waals surface area contributed by atoms with Crippen LogP contribution in [-0.4, -0.2) is 51.5 Å². The summed E-state index contributed by atoms with van der Waals surface area (Å²) in [6.07, 6.45) is 1.83. The Balaban J connectivity index is 1.94. The summed E-state index contributed by atoms with van der Waals surface area (Å²) in [4.78, 5) is 23.7. The Morgan fingerprint density at radius 1 is 1.36 bits per heavy atom. The van der Waals surface area contributed by atoms with Crippen molar-refractivity contribution in [2.75, 3.05) is 26.2 Å². The quantitative estimate of drug-likeness (QED) is 0.928. The smallest absolute Gasteiger partial charge is 0.242 e. The Kier molecular flexibility index (Phi) is 4.11. The van der Waals surface area contributed by atoms with Gasteiger partial charge in [0.15, 0.2) is 5.65 Å². The van der Waals surface area contributed by atoms with E-state index in [1.54, 1.807) is 0 Å². The third-order valence-electron chi connectivity index (χ3n) is 4.03. The van der Waals surface area contributed by atoms with E-state index >= 15 is 0 Å². The Morgan fingerprint density at radius 2 is 2.09 bits per heavy atom. The van der Waals surface area contributed by atoms with Crippen LogP contribution in [0.1, 0.15) is 31.2 Å². The lowest BCUT2D eigenvalue weighted by Gasteiger charge is -2.28. The molecule has 0 aliphatic carbocycles. The van der Waals surface area contributed by atoms with E-state index in [0.29, 0.717) is 6.54 Å². The number of aromatic nitrogens is 3. The van der Waals surface area contributed by atoms with Gasteiger partial charge in [-0.1, -0.05) is 13.8 Å². The molecule has 2 aromatic rings. The molecule has 0 bridgehead atoms. The molecule has 118 valence electrons. The van der Waals surface area contributed by atoms with Crippen LogP contribution in [0.15, 0.2) is 12.3 Å². The van der Waals surface area contributed by atoms with Gasteiger partial charge in [-0.15, -0.1) is 0 Å². The van der Waals surface area contributed by atoms with Gasteiger partial charge in [0.1, 0.15) is 17.9 Å². The number of carbonyl (C=O) groups is 1. The first-order chi connectivity index (χ1) is 10.6. The van der Waals surface area contributed by atoms with Crippen LogP contribution >= 0.6 is 0 Å². The number of rotatable bonds is 3. The fourth-order valence-corrected chi connectivity index (χ4v) is 2.88. The number of carbonyl (C=O) groups excluding carboxylic acids is 1. The van der Waals surface area contributed by atoms with Gasteiger partial charge in [-0.05, 0) is 18.6 Å². The predicted molar refractivity (Wildman–Crippen MR) is 85.8 cm³/mol. The molecule has 1 N–H and O–H groups in total. The lowest BCUT2D eigenvalue weighted by atomic mass is 10.2. The van der Waals surface area contributed by atoms with Crippen molar-refractivity contribution in [2.24, 2.45) is 0 Å². The lowest BCUT2D eigenvalue weighted by molar-refractivity contribution is -0.132. The fraction of sp³-hybridized carbons (Fsp3) is 0.562. The van der Waals surface area contributed by atoms with Crippen LogP contribution in [0.3, 0.4) is 0 Å². The minimum Gasteiger partial charge on any atom is -0.339 e. The third-order valence-corrected chi connectivity index (χ3v) is 4.03. The first-order valence-electron chi connectivity index (χ1n) is 7.87. The van der Waals surface area contributed by atoms with Crippen LogP contribution in [0.2, 0.25) is 0 Å². The van der Waals surface area contributed by atoms with Crippen LogP contribution in [-0.2, 0) is 11.3 Å². The van der Waals surface area contributed by atoms with Crippen molar-refractivity contribution in [1.29, 1.82) is 0 Å². The molecule has 0 spiro atoms. The van der Waals surface area contributed by atoms with Gasteiger partial charge >= 0.3 is 0 Å². The first kappa shape index (κ1) is 15.0. The van der Waals surface area contributed by atoms with E-state index in [4.69, 9.17) is 0 Å². The Morgan fingerprint density at radius 3 is 2.77 bits per heavy atom. The van der Waals surface area contributed by atoms with Gasteiger partial charge in [-0.2, -0.15) is 0 Å². The Labute approximate surface area is 130 Å². The van der Waals surface area contributed by atoms with E-state index in [0.717, 1.165) is 48.7 Å². The second-order valence-corrected chi connectivity index (χ2v) is 6.20. The van der Waals surface area contributed by atoms with E-state index in [-0.39, 0.29) is 11.8 Å². The third kappa shape index (κ3) is 2.83. The molecule has 2 aromatic heterocycles. The number of fused-ring (bicyclic) bond motifs is 1. The minimum absolute atomic E-state index is 0.144. The highest BCUT2D eigenvalue weighted by Gasteiger charge is 2.21. The van der Waals surface area contributed by atoms with Crippen LogP contribution < -0.4 is 5.32 Å². The molecule has 0 unspecified atom stereocenters. The van der Waals surface area contributed by atoms with Crippen molar-refractivity contribution in [2.45, 2.75) is 33.2 Å². The molecule has 0 radical (unpaired) electrons. The predicted octanol–water partition coefficient (Wildman–Crippen LogP) is 1.29. The number of amides is 1. The van der Waals surface area contributed by atoms with Gasteiger partial charge in [0.25, 0.3) is 0 Å². The lowest BCUT2D eigenvalue weighted by Crippen LogP contribution is -2.47. The van der Waals surface area contributed by atoms with Crippen molar-refractivity contribution in [1.82, 2.24) is 24.8 Å². The van der Waals surface area contributed by atoms with Gasteiger partial charge in [0.05, 0.1) is 0 Å². The SMILES string of the molecule is Cc1cnc2c(c1)nc(C(C)C)n2CC(=O)N1CCNCC1. The number of piperazine rings is 1. The summed E-state index contributed by atoms with van der Waals surface area (Å²) in [5, 5.41) is 3.27. The van der Waals surface area contributed by atoms with Crippen LogP contribution in [0, 0.1) is 6.92 Å². The second kappa shape index (κ2) is 6.04. The zero-order chi connectivity index (χ0) is 15.7. The summed E-state index contributed by atoms with van der Waals surface area (Å²) in [6.45, 7) is 9.80. The summed E-state index contributed by atoms with van der Waals surface area (Å²) in [5.41, 5.74) is 2.76. The average Bonchev–Trinajstić information content (AvgIpc) is 2.86. The number of hydrogen-bond acceptors (Lipinski definition) is 4. The molecular formula is C16H23N5O. The highest BCUT2D eigenvalue weighted by molar-refractivity contribution is 5.79. The van der Waals surface area contributed by atoms with Gasteiger partial charge in [0.2, 0.25) is 5.91 Å². The fourth-order valence-electron chi connectivity index (χ4n) is 2.88. The Hall–Kier alpha value is -1.95. The molecular weight excluding hydrogens is 278 g/mol. The second-order valence-electron chi connectivity index (χ2n) is 6.20. The number of aryl methyl sites for hydroxylation is 1. The molecule has 1 fully saturated rings. The first-order valence-corrected chi connectivity index (χ1v) is 7.87. The number of hydrogen-bond donors (Lipinski definition) is 1. The number of nitrogens with zero attached hydrogens (tertiary/aromatic N) is 4. The monoisotopic (exact) mass is 301 g/mol. The molecule has 6 nitrogen and oxygen atoms in total. The summed E-state index contributed by atoms with van der Waals surface area (Å²) >= 11 is 0. The maximum atomic E-state index is 12.6. The van der Waals surface area contributed by atoms with Gasteiger partial charge in [-0.3, -0.25) is 4.79 Å². The van der Waals surface area contributed by atoms with Crippen molar-refractivity contribution in [3.05, 3.63) is 23.7 Å². The van der Waals surface area contributed by atoms with Crippen molar-refractivity contribution < 1.29 is 4.79 Å². The Bertz CT molecular complexity index is 685. The molecule has 1 saturated heterocycles. The summed E-state index contributed by atoms with van der Waals surface area (Å²) < 4.78 is 1.98. The molecule has 6 heteroatoms. The van der Waals surface area contributed by atoms with Gasteiger partial charge in [0, 0.05) is 38.3 Å². The zero-order valence-electron chi connectivity index (χ0n) is 13.5. The van der Waals surface area contributed by atoms with E-state index < -0.39 is 0 Å².